The van der Waals surface area contributed by atoms with E-state index in [2.05, 4.69) is 121 Å². The Balaban J connectivity index is 1.10. The number of hydrogen-bond donors (Lipinski definition) is 0. The highest BCUT2D eigenvalue weighted by Gasteiger charge is 2.23. The van der Waals surface area contributed by atoms with Gasteiger partial charge in [-0.15, -0.1) is 0 Å². The molecule has 6 heteroatoms. The lowest BCUT2D eigenvalue weighted by Gasteiger charge is -2.20. The first kappa shape index (κ1) is 32.8. The molecule has 10 rings (SSSR count). The van der Waals surface area contributed by atoms with Gasteiger partial charge in [0, 0.05) is 38.6 Å². The Morgan fingerprint density at radius 1 is 0.436 bits per heavy atom. The van der Waals surface area contributed by atoms with Gasteiger partial charge >= 0.3 is 0 Å². The maximum atomic E-state index is 6.24. The fourth-order valence-electron chi connectivity index (χ4n) is 7.67. The molecule has 0 saturated heterocycles. The van der Waals surface area contributed by atoms with Crippen LogP contribution in [0.3, 0.4) is 0 Å². The quantitative estimate of drug-likeness (QED) is 0.164. The Bertz CT molecular complexity index is 2800. The van der Waals surface area contributed by atoms with E-state index in [0.717, 1.165) is 111 Å². The number of furan rings is 1. The van der Waals surface area contributed by atoms with Crippen LogP contribution >= 0.6 is 0 Å². The first-order valence-electron chi connectivity index (χ1n) is 19.1. The van der Waals surface area contributed by atoms with Crippen LogP contribution in [0.5, 0.6) is 0 Å². The van der Waals surface area contributed by atoms with Crippen LogP contribution < -0.4 is 0 Å². The van der Waals surface area contributed by atoms with Gasteiger partial charge < -0.3 is 4.42 Å². The molecule has 0 amide bonds. The minimum Gasteiger partial charge on any atom is -0.456 e. The Labute approximate surface area is 319 Å². The minimum atomic E-state index is 0.603. The molecule has 3 aliphatic carbocycles. The lowest BCUT2D eigenvalue weighted by molar-refractivity contribution is 0.669. The third-order valence-corrected chi connectivity index (χ3v) is 10.5. The van der Waals surface area contributed by atoms with E-state index in [-0.39, 0.29) is 0 Å². The number of aromatic nitrogens is 5. The molecular formula is C49H37N5O. The minimum absolute atomic E-state index is 0.603. The molecular weight excluding hydrogens is 675 g/mol. The van der Waals surface area contributed by atoms with Crippen LogP contribution in [0.15, 0.2) is 156 Å². The summed E-state index contributed by atoms with van der Waals surface area (Å²) in [6, 6.07) is 33.2. The van der Waals surface area contributed by atoms with Crippen molar-refractivity contribution < 1.29 is 4.42 Å². The summed E-state index contributed by atoms with van der Waals surface area (Å²) >= 11 is 0. The molecule has 0 atom stereocenters. The summed E-state index contributed by atoms with van der Waals surface area (Å²) in [4.78, 5) is 26.1. The standard InChI is InChI=1S/C49H37N5O/c1-5-15-32(16-6-1)43-44(33-17-7-2-8-18-33)51-46(45(50-43)34-19-9-3-10-20-34)35-25-27-37(28-26-35)48-52-47(36-21-11-4-12-22-36)53-49(54-48)38-29-30-40-39-23-13-14-24-41(39)55-42(40)31-38/h1-3,5,7-9,11,13-15,17-19,21-31H,4,6,10,12,16,20H2. The second kappa shape index (κ2) is 14.2. The summed E-state index contributed by atoms with van der Waals surface area (Å²) in [6.07, 6.45) is 25.4. The molecule has 6 nitrogen and oxygen atoms in total. The third kappa shape index (κ3) is 6.36. The molecule has 0 N–H and O–H groups in total. The van der Waals surface area contributed by atoms with Crippen molar-refractivity contribution in [1.29, 1.82) is 0 Å². The summed E-state index contributed by atoms with van der Waals surface area (Å²) in [6.45, 7) is 0. The topological polar surface area (TPSA) is 77.6 Å². The highest BCUT2D eigenvalue weighted by atomic mass is 16.3. The van der Waals surface area contributed by atoms with E-state index >= 15 is 0 Å². The van der Waals surface area contributed by atoms with Crippen molar-refractivity contribution in [2.45, 2.75) is 38.5 Å². The summed E-state index contributed by atoms with van der Waals surface area (Å²) in [5.41, 5.74) is 12.6. The molecule has 0 saturated carbocycles. The van der Waals surface area contributed by atoms with Crippen molar-refractivity contribution in [1.82, 2.24) is 24.9 Å². The number of rotatable bonds is 7. The molecule has 0 radical (unpaired) electrons. The highest BCUT2D eigenvalue weighted by Crippen LogP contribution is 2.38. The van der Waals surface area contributed by atoms with E-state index in [1.807, 2.05) is 30.3 Å². The van der Waals surface area contributed by atoms with Crippen LogP contribution in [0.25, 0.3) is 83.9 Å². The van der Waals surface area contributed by atoms with Crippen LogP contribution in [0.4, 0.5) is 0 Å². The van der Waals surface area contributed by atoms with Gasteiger partial charge in [0.2, 0.25) is 0 Å². The largest absolute Gasteiger partial charge is 0.456 e. The summed E-state index contributed by atoms with van der Waals surface area (Å²) in [7, 11) is 0. The number of nitrogens with zero attached hydrogens (tertiary/aromatic N) is 5. The number of allylic oxidation sites excluding steroid dienone is 12. The van der Waals surface area contributed by atoms with E-state index in [0.29, 0.717) is 17.5 Å². The second-order valence-corrected chi connectivity index (χ2v) is 14.1. The average molecular weight is 712 g/mol. The monoisotopic (exact) mass is 711 g/mol. The predicted molar refractivity (Wildman–Crippen MR) is 223 cm³/mol. The van der Waals surface area contributed by atoms with Gasteiger partial charge in [-0.05, 0) is 67.9 Å². The van der Waals surface area contributed by atoms with Gasteiger partial charge in [0.1, 0.15) is 11.2 Å². The molecule has 3 aliphatic rings. The lowest BCUT2D eigenvalue weighted by Crippen LogP contribution is -2.07. The smallest absolute Gasteiger partial charge is 0.164 e. The van der Waals surface area contributed by atoms with Crippen LogP contribution in [0, 0.1) is 0 Å². The molecule has 0 aliphatic heterocycles. The first-order chi connectivity index (χ1) is 27.2. The number of fused-ring (bicyclic) bond motifs is 3. The van der Waals surface area contributed by atoms with Crippen molar-refractivity contribution in [2.75, 3.05) is 0 Å². The van der Waals surface area contributed by atoms with Crippen molar-refractivity contribution >= 4 is 38.7 Å². The molecule has 264 valence electrons. The lowest BCUT2D eigenvalue weighted by atomic mass is 9.93. The molecule has 0 spiro atoms. The van der Waals surface area contributed by atoms with E-state index < -0.39 is 0 Å². The molecule has 7 aromatic rings. The Morgan fingerprint density at radius 2 is 1.04 bits per heavy atom. The van der Waals surface area contributed by atoms with E-state index in [1.165, 1.54) is 11.1 Å². The average Bonchev–Trinajstić information content (AvgIpc) is 3.65. The maximum Gasteiger partial charge on any atom is 0.164 e. The van der Waals surface area contributed by atoms with E-state index in [1.54, 1.807) is 0 Å². The Hall–Kier alpha value is -6.79. The molecule has 0 fully saturated rings. The van der Waals surface area contributed by atoms with Gasteiger partial charge in [-0.25, -0.2) is 24.9 Å². The zero-order valence-corrected chi connectivity index (χ0v) is 30.3. The Kier molecular flexibility index (Phi) is 8.49. The molecule has 0 bridgehead atoms. The van der Waals surface area contributed by atoms with Gasteiger partial charge in [0.05, 0.1) is 22.8 Å². The first-order valence-corrected chi connectivity index (χ1v) is 19.1. The van der Waals surface area contributed by atoms with E-state index in [4.69, 9.17) is 29.3 Å². The second-order valence-electron chi connectivity index (χ2n) is 14.1. The van der Waals surface area contributed by atoms with Crippen molar-refractivity contribution in [3.63, 3.8) is 0 Å². The fraction of sp³-hybridized carbons (Fsp3) is 0.122. The molecule has 3 aromatic heterocycles. The van der Waals surface area contributed by atoms with E-state index in [9.17, 15) is 0 Å². The van der Waals surface area contributed by atoms with Crippen molar-refractivity contribution in [2.24, 2.45) is 0 Å². The van der Waals surface area contributed by atoms with Crippen molar-refractivity contribution in [3.8, 4) is 45.3 Å². The maximum absolute atomic E-state index is 6.24. The van der Waals surface area contributed by atoms with Gasteiger partial charge in [-0.3, -0.25) is 0 Å². The van der Waals surface area contributed by atoms with Crippen LogP contribution in [-0.4, -0.2) is 24.9 Å². The summed E-state index contributed by atoms with van der Waals surface area (Å²) in [5, 5.41) is 2.16. The summed E-state index contributed by atoms with van der Waals surface area (Å²) in [5.74, 6) is 1.87. The number of para-hydroxylation sites is 1. The molecule has 0 unspecified atom stereocenters. The van der Waals surface area contributed by atoms with Crippen molar-refractivity contribution in [3.05, 3.63) is 169 Å². The van der Waals surface area contributed by atoms with Gasteiger partial charge in [-0.1, -0.05) is 134 Å². The van der Waals surface area contributed by atoms with Gasteiger partial charge in [0.25, 0.3) is 0 Å². The molecule has 3 heterocycles. The van der Waals surface area contributed by atoms with Gasteiger partial charge in [-0.2, -0.15) is 0 Å². The third-order valence-electron chi connectivity index (χ3n) is 10.5. The van der Waals surface area contributed by atoms with Gasteiger partial charge in [0.15, 0.2) is 17.5 Å². The summed E-state index contributed by atoms with van der Waals surface area (Å²) < 4.78 is 6.24. The molecule has 4 aromatic carbocycles. The zero-order valence-electron chi connectivity index (χ0n) is 30.3. The fourth-order valence-corrected chi connectivity index (χ4v) is 7.67. The molecule has 55 heavy (non-hydrogen) atoms. The predicted octanol–water partition coefficient (Wildman–Crippen LogP) is 12.4. The zero-order chi connectivity index (χ0) is 36.6. The van der Waals surface area contributed by atoms with Crippen LogP contribution in [0.2, 0.25) is 0 Å². The normalized spacial score (nSPS) is 15.3. The SMILES string of the molecule is C1=CCCC(c2nc(C3=CC=CCC3)c(-c3ccc(-c4nc(C5=CCCC=C5)nc(-c5ccc6c(c5)oc5ccccc56)n4)cc3)nc2-c2ccccc2)=C1. The Morgan fingerprint density at radius 3 is 1.73 bits per heavy atom. The number of hydrogen-bond acceptors (Lipinski definition) is 6. The highest BCUT2D eigenvalue weighted by molar-refractivity contribution is 6.05. The number of benzene rings is 4. The van der Waals surface area contributed by atoms with Crippen LogP contribution in [-0.2, 0) is 0 Å². The van der Waals surface area contributed by atoms with Crippen LogP contribution in [0.1, 0.15) is 55.7 Å².